The van der Waals surface area contributed by atoms with Crippen LogP contribution in [0, 0.1) is 5.92 Å². The lowest BCUT2D eigenvalue weighted by Gasteiger charge is -2.34. The molecule has 162 valence electrons. The molecule has 0 spiro atoms. The summed E-state index contributed by atoms with van der Waals surface area (Å²) in [5.74, 6) is -0.102. The van der Waals surface area contributed by atoms with Crippen molar-refractivity contribution >= 4 is 29.1 Å². The first-order valence-electron chi connectivity index (χ1n) is 11.0. The van der Waals surface area contributed by atoms with Crippen LogP contribution < -0.4 is 4.90 Å². The fourth-order valence-corrected chi connectivity index (χ4v) is 4.33. The molecule has 0 radical (unpaired) electrons. The molecule has 6 nitrogen and oxygen atoms in total. The monoisotopic (exact) mass is 411 g/mol. The Bertz CT molecular complexity index is 863. The summed E-state index contributed by atoms with van der Waals surface area (Å²) >= 11 is 0. The van der Waals surface area contributed by atoms with Gasteiger partial charge in [0.15, 0.2) is 0 Å². The molecule has 1 fully saturated rings. The number of piperidine rings is 1. The number of benzene rings is 1. The normalized spacial score (nSPS) is 20.1. The molecule has 1 saturated heterocycles. The van der Waals surface area contributed by atoms with Crippen LogP contribution in [0.3, 0.4) is 0 Å². The second-order valence-electron chi connectivity index (χ2n) is 8.46. The molecule has 3 rings (SSSR count). The molecule has 0 aliphatic carbocycles. The van der Waals surface area contributed by atoms with Gasteiger partial charge in [0.25, 0.3) is 11.8 Å². The number of likely N-dealkylation sites (tertiary alicyclic amines) is 1. The van der Waals surface area contributed by atoms with Gasteiger partial charge in [-0.15, -0.1) is 0 Å². The number of carbonyl (C=O) groups excluding carboxylic acids is 3. The summed E-state index contributed by atoms with van der Waals surface area (Å²) in [5.41, 5.74) is 2.99. The SMILES string of the molecule is C=C1c2c(cccc2N(CCC)CCC(C)CC)C(=O)N1C1CCC(=O)N(C)C1=O. The number of nitrogens with zero attached hydrogens (tertiary/aromatic N) is 3. The van der Waals surface area contributed by atoms with Gasteiger partial charge in [-0.05, 0) is 37.3 Å². The smallest absolute Gasteiger partial charge is 0.259 e. The summed E-state index contributed by atoms with van der Waals surface area (Å²) in [6, 6.07) is 5.10. The van der Waals surface area contributed by atoms with Gasteiger partial charge >= 0.3 is 0 Å². The zero-order valence-electron chi connectivity index (χ0n) is 18.6. The first-order valence-corrected chi connectivity index (χ1v) is 11.0. The Morgan fingerprint density at radius 1 is 1.20 bits per heavy atom. The Hall–Kier alpha value is -2.63. The fourth-order valence-electron chi connectivity index (χ4n) is 4.33. The van der Waals surface area contributed by atoms with Crippen molar-refractivity contribution in [1.82, 2.24) is 9.80 Å². The minimum absolute atomic E-state index is 0.198. The third-order valence-corrected chi connectivity index (χ3v) is 6.43. The number of anilines is 1. The predicted molar refractivity (Wildman–Crippen MR) is 119 cm³/mol. The summed E-state index contributed by atoms with van der Waals surface area (Å²) in [6.07, 6.45) is 3.81. The molecule has 2 aliphatic rings. The Balaban J connectivity index is 1.94. The zero-order chi connectivity index (χ0) is 22.0. The minimum atomic E-state index is -0.673. The van der Waals surface area contributed by atoms with Crippen molar-refractivity contribution in [2.75, 3.05) is 25.0 Å². The Labute approximate surface area is 179 Å². The van der Waals surface area contributed by atoms with Crippen molar-refractivity contribution in [3.05, 3.63) is 35.9 Å². The van der Waals surface area contributed by atoms with Crippen molar-refractivity contribution < 1.29 is 14.4 Å². The van der Waals surface area contributed by atoms with Gasteiger partial charge < -0.3 is 4.90 Å². The molecular formula is C24H33N3O3. The van der Waals surface area contributed by atoms with Gasteiger partial charge in [-0.2, -0.15) is 0 Å². The van der Waals surface area contributed by atoms with E-state index >= 15 is 0 Å². The molecular weight excluding hydrogens is 378 g/mol. The van der Waals surface area contributed by atoms with E-state index in [9.17, 15) is 14.4 Å². The lowest BCUT2D eigenvalue weighted by molar-refractivity contribution is -0.149. The van der Waals surface area contributed by atoms with E-state index in [2.05, 4.69) is 32.3 Å². The van der Waals surface area contributed by atoms with Crippen molar-refractivity contribution in [2.45, 2.75) is 58.9 Å². The number of amides is 3. The molecule has 1 aromatic carbocycles. The number of likely N-dealkylation sites (N-methyl/N-ethyl adjacent to an activating group) is 1. The molecule has 2 unspecified atom stereocenters. The summed E-state index contributed by atoms with van der Waals surface area (Å²) in [4.78, 5) is 42.9. The molecule has 2 atom stereocenters. The molecule has 3 amide bonds. The van der Waals surface area contributed by atoms with Crippen LogP contribution in [0.5, 0.6) is 0 Å². The van der Waals surface area contributed by atoms with Gasteiger partial charge in [0.1, 0.15) is 6.04 Å². The highest BCUT2D eigenvalue weighted by Gasteiger charge is 2.44. The van der Waals surface area contributed by atoms with Crippen molar-refractivity contribution in [1.29, 1.82) is 0 Å². The van der Waals surface area contributed by atoms with Gasteiger partial charge in [0.2, 0.25) is 5.91 Å². The quantitative estimate of drug-likeness (QED) is 0.609. The number of rotatable bonds is 8. The lowest BCUT2D eigenvalue weighted by atomic mass is 10.0. The summed E-state index contributed by atoms with van der Waals surface area (Å²) in [5, 5.41) is 0. The molecule has 0 N–H and O–H groups in total. The molecule has 2 aliphatic heterocycles. The number of carbonyl (C=O) groups is 3. The van der Waals surface area contributed by atoms with E-state index in [0.717, 1.165) is 48.5 Å². The highest BCUT2D eigenvalue weighted by atomic mass is 16.2. The van der Waals surface area contributed by atoms with E-state index in [1.54, 1.807) is 0 Å². The predicted octanol–water partition coefficient (Wildman–Crippen LogP) is 3.91. The number of fused-ring (bicyclic) bond motifs is 1. The van der Waals surface area contributed by atoms with Crippen LogP contribution in [-0.2, 0) is 9.59 Å². The summed E-state index contributed by atoms with van der Waals surface area (Å²) < 4.78 is 0. The first kappa shape index (κ1) is 22.1. The number of hydrogen-bond donors (Lipinski definition) is 0. The fraction of sp³-hybridized carbons (Fsp3) is 0.542. The second kappa shape index (κ2) is 9.02. The molecule has 1 aromatic rings. The average molecular weight is 412 g/mol. The third-order valence-electron chi connectivity index (χ3n) is 6.43. The van der Waals surface area contributed by atoms with Crippen molar-refractivity contribution in [3.63, 3.8) is 0 Å². The van der Waals surface area contributed by atoms with Gasteiger partial charge in [0.05, 0.1) is 5.56 Å². The van der Waals surface area contributed by atoms with Crippen LogP contribution in [0.15, 0.2) is 24.8 Å². The molecule has 30 heavy (non-hydrogen) atoms. The maximum Gasteiger partial charge on any atom is 0.259 e. The average Bonchev–Trinajstić information content (AvgIpc) is 3.00. The van der Waals surface area contributed by atoms with Crippen molar-refractivity contribution in [2.24, 2.45) is 5.92 Å². The Kier molecular flexibility index (Phi) is 6.64. The van der Waals surface area contributed by atoms with E-state index in [1.807, 2.05) is 18.2 Å². The topological polar surface area (TPSA) is 60.9 Å². The largest absolute Gasteiger partial charge is 0.371 e. The highest BCUT2D eigenvalue weighted by Crippen LogP contribution is 2.41. The maximum atomic E-state index is 13.3. The van der Waals surface area contributed by atoms with Crippen LogP contribution in [0.1, 0.15) is 68.8 Å². The van der Waals surface area contributed by atoms with E-state index in [-0.39, 0.29) is 24.1 Å². The maximum absolute atomic E-state index is 13.3. The molecule has 6 heteroatoms. The molecule has 2 heterocycles. The standard InChI is InChI=1S/C24H33N3O3/c1-6-14-26(15-13-16(3)7-2)19-10-8-9-18-22(19)17(4)27(23(18)29)20-11-12-21(28)25(5)24(20)30/h8-10,16,20H,4,6-7,11-15H2,1-3,5H3. The van der Waals surface area contributed by atoms with Crippen LogP contribution in [-0.4, -0.2) is 53.7 Å². The van der Waals surface area contributed by atoms with Crippen LogP contribution in [0.4, 0.5) is 5.69 Å². The Morgan fingerprint density at radius 2 is 1.93 bits per heavy atom. The number of imide groups is 1. The third kappa shape index (κ3) is 3.87. The van der Waals surface area contributed by atoms with Crippen LogP contribution in [0.2, 0.25) is 0 Å². The first-order chi connectivity index (χ1) is 14.3. The molecule has 0 aromatic heterocycles. The molecule has 0 bridgehead atoms. The summed E-state index contributed by atoms with van der Waals surface area (Å²) in [7, 11) is 1.48. The van der Waals surface area contributed by atoms with E-state index in [1.165, 1.54) is 11.9 Å². The minimum Gasteiger partial charge on any atom is -0.371 e. The van der Waals surface area contributed by atoms with E-state index in [0.29, 0.717) is 23.6 Å². The van der Waals surface area contributed by atoms with Gasteiger partial charge in [-0.3, -0.25) is 24.2 Å². The van der Waals surface area contributed by atoms with E-state index < -0.39 is 6.04 Å². The lowest BCUT2D eigenvalue weighted by Crippen LogP contribution is -2.52. The second-order valence-corrected chi connectivity index (χ2v) is 8.46. The highest BCUT2D eigenvalue weighted by molar-refractivity contribution is 6.14. The van der Waals surface area contributed by atoms with Crippen molar-refractivity contribution in [3.8, 4) is 0 Å². The van der Waals surface area contributed by atoms with Crippen LogP contribution >= 0.6 is 0 Å². The molecule has 0 saturated carbocycles. The summed E-state index contributed by atoms with van der Waals surface area (Å²) in [6.45, 7) is 12.6. The Morgan fingerprint density at radius 3 is 2.60 bits per heavy atom. The zero-order valence-corrected chi connectivity index (χ0v) is 18.6. The van der Waals surface area contributed by atoms with E-state index in [4.69, 9.17) is 0 Å². The van der Waals surface area contributed by atoms with Gasteiger partial charge in [-0.25, -0.2) is 0 Å². The number of hydrogen-bond acceptors (Lipinski definition) is 4. The van der Waals surface area contributed by atoms with Gasteiger partial charge in [0, 0.05) is 43.5 Å². The van der Waals surface area contributed by atoms with Crippen LogP contribution in [0.25, 0.3) is 5.70 Å². The van der Waals surface area contributed by atoms with Gasteiger partial charge in [-0.1, -0.05) is 39.8 Å².